The first-order valence-electron chi connectivity index (χ1n) is 6.24. The summed E-state index contributed by atoms with van der Waals surface area (Å²) in [4.78, 5) is 4.33. The second-order valence-corrected chi connectivity index (χ2v) is 4.83. The average molecular weight is 295 g/mol. The van der Waals surface area contributed by atoms with E-state index in [9.17, 15) is 4.39 Å². The van der Waals surface area contributed by atoms with E-state index in [2.05, 4.69) is 4.98 Å². The number of rotatable bonds is 3. The molecule has 106 valence electrons. The van der Waals surface area contributed by atoms with Crippen molar-refractivity contribution < 1.29 is 9.13 Å². The fourth-order valence-corrected chi connectivity index (χ4v) is 2.21. The summed E-state index contributed by atoms with van der Waals surface area (Å²) in [5.41, 5.74) is 7.99. The molecule has 20 heavy (non-hydrogen) atoms. The highest BCUT2D eigenvalue weighted by atomic mass is 35.5. The zero-order valence-electron chi connectivity index (χ0n) is 11.0. The van der Waals surface area contributed by atoms with Gasteiger partial charge in [-0.15, -0.1) is 12.4 Å². The number of halogens is 2. The Hall–Kier alpha value is -1.65. The summed E-state index contributed by atoms with van der Waals surface area (Å²) in [5, 5.41) is 0. The van der Waals surface area contributed by atoms with Crippen LogP contribution in [0.15, 0.2) is 36.5 Å². The molecule has 5 heteroatoms. The van der Waals surface area contributed by atoms with E-state index in [1.54, 1.807) is 25.4 Å². The molecule has 3 nitrogen and oxygen atoms in total. The molecule has 1 aliphatic rings. The predicted molar refractivity (Wildman–Crippen MR) is 78.8 cm³/mol. The van der Waals surface area contributed by atoms with E-state index in [1.807, 2.05) is 12.1 Å². The molecule has 1 aliphatic carbocycles. The van der Waals surface area contributed by atoms with Gasteiger partial charge in [0.2, 0.25) is 0 Å². The van der Waals surface area contributed by atoms with Gasteiger partial charge in [-0.3, -0.25) is 4.98 Å². The third kappa shape index (κ3) is 2.76. The summed E-state index contributed by atoms with van der Waals surface area (Å²) < 4.78 is 18.9. The van der Waals surface area contributed by atoms with Crippen LogP contribution in [0.5, 0.6) is 5.75 Å². The number of methoxy groups -OCH3 is 1. The number of hydrogen-bond acceptors (Lipinski definition) is 3. The van der Waals surface area contributed by atoms with Gasteiger partial charge in [-0.25, -0.2) is 4.39 Å². The molecule has 1 aromatic heterocycles. The minimum Gasteiger partial charge on any atom is -0.497 e. The van der Waals surface area contributed by atoms with Crippen molar-refractivity contribution in [3.63, 3.8) is 0 Å². The van der Waals surface area contributed by atoms with Gasteiger partial charge in [0.25, 0.3) is 0 Å². The molecule has 1 fully saturated rings. The number of benzene rings is 1. The van der Waals surface area contributed by atoms with Gasteiger partial charge in [0.05, 0.1) is 12.8 Å². The van der Waals surface area contributed by atoms with Gasteiger partial charge in [-0.2, -0.15) is 0 Å². The van der Waals surface area contributed by atoms with Crippen LogP contribution in [-0.4, -0.2) is 18.1 Å². The van der Waals surface area contributed by atoms with Crippen molar-refractivity contribution in [3.8, 4) is 17.0 Å². The van der Waals surface area contributed by atoms with Crippen molar-refractivity contribution in [2.75, 3.05) is 7.11 Å². The van der Waals surface area contributed by atoms with Crippen molar-refractivity contribution in [1.29, 1.82) is 0 Å². The van der Waals surface area contributed by atoms with Gasteiger partial charge in [0.1, 0.15) is 11.6 Å². The lowest BCUT2D eigenvalue weighted by Gasteiger charge is -2.06. The summed E-state index contributed by atoms with van der Waals surface area (Å²) in [5.74, 6) is 0.729. The first kappa shape index (κ1) is 14.8. The summed E-state index contributed by atoms with van der Waals surface area (Å²) in [7, 11) is 1.56. The molecule has 0 unspecified atom stereocenters. The predicted octanol–water partition coefficient (Wildman–Crippen LogP) is 3.13. The lowest BCUT2D eigenvalue weighted by molar-refractivity contribution is 0.414. The van der Waals surface area contributed by atoms with E-state index >= 15 is 0 Å². The SMILES string of the molecule is COc1ccc(F)c(-c2ccc([C@@H]3C[C@H]3N)cn2)c1.Cl. The number of nitrogens with two attached hydrogens (primary N) is 1. The molecule has 0 radical (unpaired) electrons. The molecular weight excluding hydrogens is 279 g/mol. The van der Waals surface area contributed by atoms with Crippen molar-refractivity contribution >= 4 is 12.4 Å². The fraction of sp³-hybridized carbons (Fsp3) is 0.267. The van der Waals surface area contributed by atoms with E-state index in [1.165, 1.54) is 6.07 Å². The lowest BCUT2D eigenvalue weighted by Crippen LogP contribution is -2.01. The van der Waals surface area contributed by atoms with E-state index in [0.29, 0.717) is 22.9 Å². The maximum atomic E-state index is 13.8. The second kappa shape index (κ2) is 5.77. The maximum absolute atomic E-state index is 13.8. The summed E-state index contributed by atoms with van der Waals surface area (Å²) in [6.07, 6.45) is 2.79. The Morgan fingerprint density at radius 1 is 1.30 bits per heavy atom. The number of hydrogen-bond donors (Lipinski definition) is 1. The minimum absolute atomic E-state index is 0. The lowest BCUT2D eigenvalue weighted by atomic mass is 10.1. The molecule has 1 heterocycles. The van der Waals surface area contributed by atoms with Gasteiger partial charge >= 0.3 is 0 Å². The summed E-state index contributed by atoms with van der Waals surface area (Å²) >= 11 is 0. The average Bonchev–Trinajstić information content (AvgIpc) is 3.17. The van der Waals surface area contributed by atoms with E-state index in [4.69, 9.17) is 10.5 Å². The van der Waals surface area contributed by atoms with Gasteiger partial charge in [-0.05, 0) is 36.2 Å². The number of pyridine rings is 1. The van der Waals surface area contributed by atoms with Crippen molar-refractivity contribution in [1.82, 2.24) is 4.98 Å². The van der Waals surface area contributed by atoms with Crippen molar-refractivity contribution in [2.45, 2.75) is 18.4 Å². The Labute approximate surface area is 123 Å². The molecule has 0 aliphatic heterocycles. The number of nitrogens with zero attached hydrogens (tertiary/aromatic N) is 1. The quantitative estimate of drug-likeness (QED) is 0.946. The first-order valence-corrected chi connectivity index (χ1v) is 6.24. The highest BCUT2D eigenvalue weighted by molar-refractivity contribution is 5.85. The van der Waals surface area contributed by atoms with E-state index in [0.717, 1.165) is 12.0 Å². The number of aromatic nitrogens is 1. The minimum atomic E-state index is -0.302. The van der Waals surface area contributed by atoms with Crippen LogP contribution in [-0.2, 0) is 0 Å². The molecule has 2 atom stereocenters. The molecule has 0 spiro atoms. The molecule has 1 saturated carbocycles. The summed E-state index contributed by atoms with van der Waals surface area (Å²) in [6.45, 7) is 0. The van der Waals surface area contributed by atoms with Crippen LogP contribution in [0.4, 0.5) is 4.39 Å². The van der Waals surface area contributed by atoms with Crippen LogP contribution >= 0.6 is 12.4 Å². The Morgan fingerprint density at radius 2 is 2.05 bits per heavy atom. The zero-order chi connectivity index (χ0) is 13.4. The first-order chi connectivity index (χ1) is 9.19. The third-order valence-electron chi connectivity index (χ3n) is 3.50. The third-order valence-corrected chi connectivity index (χ3v) is 3.50. The molecule has 0 bridgehead atoms. The standard InChI is InChI=1S/C15H15FN2O.ClH/c1-19-10-3-4-13(16)12(6-10)15-5-2-9(8-18-15)11-7-14(11)17;/h2-6,8,11,14H,7,17H2,1H3;1H/t11-,14+;/m0./s1. The maximum Gasteiger partial charge on any atom is 0.132 e. The van der Waals surface area contributed by atoms with Crippen LogP contribution < -0.4 is 10.5 Å². The van der Waals surface area contributed by atoms with Crippen molar-refractivity contribution in [2.24, 2.45) is 5.73 Å². The van der Waals surface area contributed by atoms with Gasteiger partial charge in [0, 0.05) is 23.7 Å². The van der Waals surface area contributed by atoms with E-state index < -0.39 is 0 Å². The largest absolute Gasteiger partial charge is 0.497 e. The highest BCUT2D eigenvalue weighted by Crippen LogP contribution is 2.39. The van der Waals surface area contributed by atoms with E-state index in [-0.39, 0.29) is 24.3 Å². The van der Waals surface area contributed by atoms with Crippen LogP contribution in [0, 0.1) is 5.82 Å². The topological polar surface area (TPSA) is 48.1 Å². The van der Waals surface area contributed by atoms with Gasteiger partial charge in [0.15, 0.2) is 0 Å². The Morgan fingerprint density at radius 3 is 2.60 bits per heavy atom. The van der Waals surface area contributed by atoms with Crippen LogP contribution in [0.1, 0.15) is 17.9 Å². The molecule has 2 aromatic rings. The van der Waals surface area contributed by atoms with Crippen molar-refractivity contribution in [3.05, 3.63) is 47.9 Å². The smallest absolute Gasteiger partial charge is 0.132 e. The Bertz CT molecular complexity index is 603. The van der Waals surface area contributed by atoms with Gasteiger partial charge < -0.3 is 10.5 Å². The summed E-state index contributed by atoms with van der Waals surface area (Å²) in [6, 6.07) is 8.69. The fourth-order valence-electron chi connectivity index (χ4n) is 2.21. The van der Waals surface area contributed by atoms with Gasteiger partial charge in [-0.1, -0.05) is 6.07 Å². The number of ether oxygens (including phenoxy) is 1. The molecule has 0 amide bonds. The Kier molecular flexibility index (Phi) is 4.26. The monoisotopic (exact) mass is 294 g/mol. The van der Waals surface area contributed by atoms with Crippen LogP contribution in [0.3, 0.4) is 0 Å². The Balaban J connectivity index is 0.00000147. The highest BCUT2D eigenvalue weighted by Gasteiger charge is 2.34. The zero-order valence-corrected chi connectivity index (χ0v) is 11.9. The van der Waals surface area contributed by atoms with Crippen LogP contribution in [0.25, 0.3) is 11.3 Å². The molecule has 3 rings (SSSR count). The normalized spacial score (nSPS) is 20.1. The second-order valence-electron chi connectivity index (χ2n) is 4.83. The molecule has 2 N–H and O–H groups in total. The molecule has 0 saturated heterocycles. The molecular formula is C15H16ClFN2O. The van der Waals surface area contributed by atoms with Crippen LogP contribution in [0.2, 0.25) is 0 Å². The molecule has 1 aromatic carbocycles.